The molecule has 0 aliphatic heterocycles. The van der Waals surface area contributed by atoms with E-state index in [0.717, 1.165) is 25.1 Å². The molecule has 0 amide bonds. The van der Waals surface area contributed by atoms with Crippen molar-refractivity contribution in [2.24, 2.45) is 5.92 Å². The Bertz CT molecular complexity index is 558. The largest absolute Gasteiger partial charge is 0.376 e. The zero-order chi connectivity index (χ0) is 14.8. The van der Waals surface area contributed by atoms with Crippen LogP contribution in [0.1, 0.15) is 39.0 Å². The van der Waals surface area contributed by atoms with Gasteiger partial charge in [-0.15, -0.1) is 0 Å². The minimum atomic E-state index is -0.0685. The molecule has 0 saturated heterocycles. The van der Waals surface area contributed by atoms with Crippen LogP contribution in [0.3, 0.4) is 0 Å². The van der Waals surface area contributed by atoms with Crippen molar-refractivity contribution in [2.75, 3.05) is 11.1 Å². The molecule has 0 spiro atoms. The Morgan fingerprint density at radius 3 is 2.95 bits per heavy atom. The van der Waals surface area contributed by atoms with Gasteiger partial charge in [0.25, 0.3) is 5.56 Å². The van der Waals surface area contributed by atoms with Crippen molar-refractivity contribution in [1.29, 1.82) is 0 Å². The fourth-order valence-corrected chi connectivity index (χ4v) is 4.26. The van der Waals surface area contributed by atoms with Crippen molar-refractivity contribution in [3.8, 4) is 0 Å². The number of hydrogen-bond donors (Lipinski definition) is 1. The summed E-state index contributed by atoms with van der Waals surface area (Å²) in [7, 11) is 0. The van der Waals surface area contributed by atoms with Gasteiger partial charge in [0.2, 0.25) is 0 Å². The average Bonchev–Trinajstić information content (AvgIpc) is 3.17. The van der Waals surface area contributed by atoms with Crippen molar-refractivity contribution in [1.82, 2.24) is 9.78 Å². The first kappa shape index (κ1) is 15.2. The summed E-state index contributed by atoms with van der Waals surface area (Å²) < 4.78 is 1.57. The maximum Gasteiger partial charge on any atom is 0.291 e. The van der Waals surface area contributed by atoms with Crippen LogP contribution in [0.4, 0.5) is 5.69 Å². The number of aromatic nitrogens is 2. The van der Waals surface area contributed by atoms with Crippen LogP contribution in [-0.4, -0.2) is 26.8 Å². The Balaban J connectivity index is 1.71. The summed E-state index contributed by atoms with van der Waals surface area (Å²) in [6.07, 6.45) is 7.45. The van der Waals surface area contributed by atoms with E-state index in [2.05, 4.69) is 17.3 Å². The molecule has 116 valence electrons. The fourth-order valence-electron chi connectivity index (χ4n) is 2.94. The monoisotopic (exact) mass is 327 g/mol. The lowest BCUT2D eigenvalue weighted by Gasteiger charge is -2.16. The molecular formula is C15H22ClN3OS. The summed E-state index contributed by atoms with van der Waals surface area (Å²) in [6, 6.07) is 0.357. The van der Waals surface area contributed by atoms with Crippen LogP contribution in [-0.2, 0) is 6.54 Å². The summed E-state index contributed by atoms with van der Waals surface area (Å²) in [6.45, 7) is 2.92. The molecule has 4 nitrogen and oxygen atoms in total. The van der Waals surface area contributed by atoms with Gasteiger partial charge < -0.3 is 5.32 Å². The maximum atomic E-state index is 12.5. The van der Waals surface area contributed by atoms with Crippen LogP contribution in [0.2, 0.25) is 5.02 Å². The first-order valence-corrected chi connectivity index (χ1v) is 9.23. The van der Waals surface area contributed by atoms with Gasteiger partial charge in [-0.25, -0.2) is 4.68 Å². The Morgan fingerprint density at radius 1 is 1.43 bits per heavy atom. The van der Waals surface area contributed by atoms with Gasteiger partial charge in [0.1, 0.15) is 5.69 Å². The highest BCUT2D eigenvalue weighted by Gasteiger charge is 2.27. The quantitative estimate of drug-likeness (QED) is 0.870. The van der Waals surface area contributed by atoms with Gasteiger partial charge >= 0.3 is 0 Å². The molecule has 21 heavy (non-hydrogen) atoms. The topological polar surface area (TPSA) is 46.9 Å². The zero-order valence-electron chi connectivity index (χ0n) is 12.3. The molecule has 0 radical (unpaired) electrons. The van der Waals surface area contributed by atoms with Gasteiger partial charge in [-0.05, 0) is 43.8 Å². The SMILES string of the molecule is CCSC1CCC(Nc2c(Cl)cnn(CC3CC3)c2=O)C1. The summed E-state index contributed by atoms with van der Waals surface area (Å²) in [5.41, 5.74) is 0.473. The van der Waals surface area contributed by atoms with Gasteiger partial charge in [-0.3, -0.25) is 4.79 Å². The van der Waals surface area contributed by atoms with Gasteiger partial charge in [0.15, 0.2) is 0 Å². The van der Waals surface area contributed by atoms with Crippen LogP contribution in [0.5, 0.6) is 0 Å². The number of nitrogens with one attached hydrogen (secondary N) is 1. The summed E-state index contributed by atoms with van der Waals surface area (Å²) in [4.78, 5) is 12.5. The number of halogens is 1. The van der Waals surface area contributed by atoms with E-state index in [1.807, 2.05) is 11.8 Å². The number of thioether (sulfide) groups is 1. The van der Waals surface area contributed by atoms with Crippen molar-refractivity contribution in [3.63, 3.8) is 0 Å². The minimum Gasteiger partial charge on any atom is -0.376 e. The molecule has 6 heteroatoms. The Labute approximate surface area is 134 Å². The predicted molar refractivity (Wildman–Crippen MR) is 89.4 cm³/mol. The molecule has 1 N–H and O–H groups in total. The lowest BCUT2D eigenvalue weighted by atomic mass is 10.2. The first-order chi connectivity index (χ1) is 10.2. The molecule has 1 heterocycles. The van der Waals surface area contributed by atoms with E-state index >= 15 is 0 Å². The van der Waals surface area contributed by atoms with Crippen molar-refractivity contribution in [3.05, 3.63) is 21.6 Å². The number of hydrogen-bond acceptors (Lipinski definition) is 4. The molecule has 3 rings (SSSR count). The average molecular weight is 328 g/mol. The van der Waals surface area contributed by atoms with Gasteiger partial charge in [-0.2, -0.15) is 16.9 Å². The Hall–Kier alpha value is -0.680. The molecular weight excluding hydrogens is 306 g/mol. The van der Waals surface area contributed by atoms with Crippen LogP contribution < -0.4 is 10.9 Å². The van der Waals surface area contributed by atoms with Crippen molar-refractivity contribution < 1.29 is 0 Å². The second-order valence-electron chi connectivity index (χ2n) is 6.03. The molecule has 2 aliphatic rings. The van der Waals surface area contributed by atoms with E-state index < -0.39 is 0 Å². The number of rotatable bonds is 6. The minimum absolute atomic E-state index is 0.0685. The van der Waals surface area contributed by atoms with Crippen molar-refractivity contribution in [2.45, 2.75) is 56.9 Å². The van der Waals surface area contributed by atoms with Crippen LogP contribution in [0.15, 0.2) is 11.0 Å². The first-order valence-electron chi connectivity index (χ1n) is 7.81. The normalized spacial score (nSPS) is 25.2. The third-order valence-electron chi connectivity index (χ3n) is 4.26. The number of nitrogens with zero attached hydrogens (tertiary/aromatic N) is 2. The molecule has 1 aromatic rings. The third-order valence-corrected chi connectivity index (χ3v) is 5.78. The van der Waals surface area contributed by atoms with Gasteiger partial charge in [0.05, 0.1) is 11.2 Å². The third kappa shape index (κ3) is 3.75. The molecule has 1 aromatic heterocycles. The van der Waals surface area contributed by atoms with Gasteiger partial charge in [0, 0.05) is 17.8 Å². The van der Waals surface area contributed by atoms with Crippen LogP contribution in [0, 0.1) is 5.92 Å². The molecule has 0 bridgehead atoms. The van der Waals surface area contributed by atoms with E-state index in [4.69, 9.17) is 11.6 Å². The summed E-state index contributed by atoms with van der Waals surface area (Å²) in [5.74, 6) is 1.78. The number of anilines is 1. The molecule has 2 saturated carbocycles. The van der Waals surface area contributed by atoms with Gasteiger partial charge in [-0.1, -0.05) is 18.5 Å². The molecule has 0 aromatic carbocycles. The van der Waals surface area contributed by atoms with E-state index in [9.17, 15) is 4.79 Å². The summed E-state index contributed by atoms with van der Waals surface area (Å²) in [5, 5.41) is 8.70. The lowest BCUT2D eigenvalue weighted by Crippen LogP contribution is -2.29. The van der Waals surface area contributed by atoms with Crippen LogP contribution >= 0.6 is 23.4 Å². The maximum absolute atomic E-state index is 12.5. The second kappa shape index (κ2) is 6.61. The molecule has 2 unspecified atom stereocenters. The summed E-state index contributed by atoms with van der Waals surface area (Å²) >= 11 is 8.20. The highest BCUT2D eigenvalue weighted by atomic mass is 35.5. The Kier molecular flexibility index (Phi) is 4.79. The van der Waals surface area contributed by atoms with E-state index in [1.165, 1.54) is 19.3 Å². The van der Waals surface area contributed by atoms with Crippen LogP contribution in [0.25, 0.3) is 0 Å². The molecule has 2 fully saturated rings. The second-order valence-corrected chi connectivity index (χ2v) is 8.01. The zero-order valence-corrected chi connectivity index (χ0v) is 13.9. The fraction of sp³-hybridized carbons (Fsp3) is 0.733. The molecule has 2 aliphatic carbocycles. The standard InChI is InChI=1S/C15H22ClN3OS/c1-2-21-12-6-5-11(7-12)18-14-13(16)8-17-19(15(14)20)9-10-3-4-10/h8,10-12,18H,2-7,9H2,1H3. The highest BCUT2D eigenvalue weighted by Crippen LogP contribution is 2.32. The smallest absolute Gasteiger partial charge is 0.291 e. The lowest BCUT2D eigenvalue weighted by molar-refractivity contribution is 0.533. The van der Waals surface area contributed by atoms with Crippen molar-refractivity contribution >= 4 is 29.1 Å². The predicted octanol–water partition coefficient (Wildman–Crippen LogP) is 3.39. The van der Waals surface area contributed by atoms with E-state index in [1.54, 1.807) is 10.9 Å². The Morgan fingerprint density at radius 2 is 2.24 bits per heavy atom. The van der Waals surface area contributed by atoms with E-state index in [-0.39, 0.29) is 5.56 Å². The van der Waals surface area contributed by atoms with E-state index in [0.29, 0.717) is 27.9 Å². The highest BCUT2D eigenvalue weighted by molar-refractivity contribution is 7.99. The molecule has 2 atom stereocenters.